The summed E-state index contributed by atoms with van der Waals surface area (Å²) in [5.41, 5.74) is 0.645. The van der Waals surface area contributed by atoms with E-state index < -0.39 is 0 Å². The fourth-order valence-corrected chi connectivity index (χ4v) is 1.16. The highest BCUT2D eigenvalue weighted by atomic mass is 16.1. The Balaban J connectivity index is 2.45. The number of nitrogens with one attached hydrogen (secondary N) is 1. The van der Waals surface area contributed by atoms with E-state index in [1.54, 1.807) is 6.92 Å². The summed E-state index contributed by atoms with van der Waals surface area (Å²) in [7, 11) is 0. The van der Waals surface area contributed by atoms with Crippen molar-refractivity contribution in [1.29, 1.82) is 0 Å². The molecule has 1 heterocycles. The zero-order valence-electron chi connectivity index (χ0n) is 6.89. The molecule has 0 atom stereocenters. The number of allylic oxidation sites excluding steroid dienone is 1. The lowest BCUT2D eigenvalue weighted by molar-refractivity contribution is -0.115. The highest BCUT2D eigenvalue weighted by Crippen LogP contribution is 2.03. The molecule has 1 aliphatic rings. The van der Waals surface area contributed by atoms with Crippen LogP contribution in [0.3, 0.4) is 0 Å². The van der Waals surface area contributed by atoms with E-state index in [4.69, 9.17) is 0 Å². The van der Waals surface area contributed by atoms with E-state index in [2.05, 4.69) is 11.9 Å². The van der Waals surface area contributed by atoms with Gasteiger partial charge in [0.2, 0.25) is 0 Å². The summed E-state index contributed by atoms with van der Waals surface area (Å²) in [4.78, 5) is 12.9. The van der Waals surface area contributed by atoms with Gasteiger partial charge in [0.25, 0.3) is 0 Å². The molecule has 0 unspecified atom stereocenters. The third-order valence-electron chi connectivity index (χ3n) is 1.91. The van der Waals surface area contributed by atoms with Crippen LogP contribution >= 0.6 is 0 Å². The predicted octanol–water partition coefficient (Wildman–Crippen LogP) is -0.00570. The normalized spacial score (nSPS) is 18.1. The summed E-state index contributed by atoms with van der Waals surface area (Å²) in [5.74, 6) is 0.0758. The quantitative estimate of drug-likeness (QED) is 0.568. The van der Waals surface area contributed by atoms with Crippen LogP contribution in [0.5, 0.6) is 0 Å². The smallest absolute Gasteiger partial charge is 0.175 e. The Labute approximate surface area is 67.1 Å². The minimum atomic E-state index is 0.0758. The van der Waals surface area contributed by atoms with Gasteiger partial charge in [-0.15, -0.1) is 0 Å². The van der Waals surface area contributed by atoms with Gasteiger partial charge < -0.3 is 10.2 Å². The molecule has 0 amide bonds. The van der Waals surface area contributed by atoms with Gasteiger partial charge in [-0.3, -0.25) is 4.79 Å². The third-order valence-corrected chi connectivity index (χ3v) is 1.91. The van der Waals surface area contributed by atoms with Crippen LogP contribution in [0.1, 0.15) is 6.92 Å². The molecule has 11 heavy (non-hydrogen) atoms. The van der Waals surface area contributed by atoms with E-state index in [1.807, 2.05) is 4.90 Å². The number of carbonyl (C=O) groups excluding carboxylic acids is 1. The maximum Gasteiger partial charge on any atom is 0.175 e. The molecule has 62 valence electrons. The molecule has 3 heteroatoms. The van der Waals surface area contributed by atoms with Gasteiger partial charge >= 0.3 is 0 Å². The van der Waals surface area contributed by atoms with Crippen molar-refractivity contribution >= 4 is 5.78 Å². The van der Waals surface area contributed by atoms with Crippen LogP contribution in [0.4, 0.5) is 0 Å². The molecule has 0 spiro atoms. The molecule has 1 rings (SSSR count). The summed E-state index contributed by atoms with van der Waals surface area (Å²) in [6, 6.07) is 0. The Morgan fingerprint density at radius 1 is 1.45 bits per heavy atom. The minimum absolute atomic E-state index is 0.0758. The van der Waals surface area contributed by atoms with Crippen molar-refractivity contribution in [3.63, 3.8) is 0 Å². The van der Waals surface area contributed by atoms with E-state index in [1.165, 1.54) is 0 Å². The van der Waals surface area contributed by atoms with Crippen LogP contribution in [0.15, 0.2) is 12.3 Å². The molecule has 0 aromatic carbocycles. The molecule has 0 aromatic rings. The fourth-order valence-electron chi connectivity index (χ4n) is 1.16. The SMILES string of the molecule is C=C(C(C)=O)N1CCNCC1. The standard InChI is InChI=1S/C8H14N2O/c1-7(8(2)11)10-5-3-9-4-6-10/h9H,1,3-6H2,2H3. The molecule has 3 nitrogen and oxygen atoms in total. The zero-order chi connectivity index (χ0) is 8.27. The molecule has 0 bridgehead atoms. The van der Waals surface area contributed by atoms with Crippen LogP contribution in [0, 0.1) is 0 Å². The van der Waals surface area contributed by atoms with Crippen molar-refractivity contribution < 1.29 is 4.79 Å². The number of ketones is 1. The van der Waals surface area contributed by atoms with Gasteiger partial charge in [-0.1, -0.05) is 6.58 Å². The summed E-state index contributed by atoms with van der Waals surface area (Å²) in [5, 5.41) is 3.21. The van der Waals surface area contributed by atoms with Crippen molar-refractivity contribution in [3.05, 3.63) is 12.3 Å². The lowest BCUT2D eigenvalue weighted by Crippen LogP contribution is -2.43. The Morgan fingerprint density at radius 2 is 2.00 bits per heavy atom. The Hall–Kier alpha value is -0.830. The summed E-state index contributed by atoms with van der Waals surface area (Å²) >= 11 is 0. The molecular formula is C8H14N2O. The van der Waals surface area contributed by atoms with E-state index in [-0.39, 0.29) is 5.78 Å². The largest absolute Gasteiger partial charge is 0.367 e. The first-order valence-electron chi connectivity index (χ1n) is 3.87. The lowest BCUT2D eigenvalue weighted by atomic mass is 10.2. The Bertz CT molecular complexity index is 171. The summed E-state index contributed by atoms with van der Waals surface area (Å²) in [6.07, 6.45) is 0. The first kappa shape index (κ1) is 8.27. The average molecular weight is 154 g/mol. The van der Waals surface area contributed by atoms with E-state index >= 15 is 0 Å². The average Bonchev–Trinajstić information content (AvgIpc) is 2.05. The molecule has 0 saturated carbocycles. The van der Waals surface area contributed by atoms with Gasteiger partial charge in [-0.2, -0.15) is 0 Å². The summed E-state index contributed by atoms with van der Waals surface area (Å²) in [6.45, 7) is 8.99. The second-order valence-corrected chi connectivity index (χ2v) is 2.74. The zero-order valence-corrected chi connectivity index (χ0v) is 6.89. The van der Waals surface area contributed by atoms with Gasteiger partial charge in [0.1, 0.15) is 0 Å². The highest BCUT2D eigenvalue weighted by Gasteiger charge is 2.13. The number of piperazine rings is 1. The maximum absolute atomic E-state index is 10.9. The second kappa shape index (κ2) is 3.53. The van der Waals surface area contributed by atoms with Gasteiger partial charge in [0, 0.05) is 33.1 Å². The topological polar surface area (TPSA) is 32.3 Å². The van der Waals surface area contributed by atoms with Crippen LogP contribution in [0.25, 0.3) is 0 Å². The lowest BCUT2D eigenvalue weighted by Gasteiger charge is -2.29. The van der Waals surface area contributed by atoms with Gasteiger partial charge in [0.05, 0.1) is 5.70 Å². The van der Waals surface area contributed by atoms with Gasteiger partial charge in [-0.05, 0) is 0 Å². The monoisotopic (exact) mass is 154 g/mol. The van der Waals surface area contributed by atoms with E-state index in [0.717, 1.165) is 26.2 Å². The number of hydrogen-bond donors (Lipinski definition) is 1. The highest BCUT2D eigenvalue weighted by molar-refractivity contribution is 5.91. The Morgan fingerprint density at radius 3 is 2.45 bits per heavy atom. The number of carbonyl (C=O) groups is 1. The van der Waals surface area contributed by atoms with Crippen molar-refractivity contribution in [3.8, 4) is 0 Å². The molecule has 1 N–H and O–H groups in total. The van der Waals surface area contributed by atoms with Crippen molar-refractivity contribution in [2.24, 2.45) is 0 Å². The summed E-state index contributed by atoms with van der Waals surface area (Å²) < 4.78 is 0. The van der Waals surface area contributed by atoms with Crippen molar-refractivity contribution in [2.45, 2.75) is 6.92 Å². The number of nitrogens with zero attached hydrogens (tertiary/aromatic N) is 1. The van der Waals surface area contributed by atoms with E-state index in [0.29, 0.717) is 5.70 Å². The first-order chi connectivity index (χ1) is 5.22. The van der Waals surface area contributed by atoms with E-state index in [9.17, 15) is 4.79 Å². The molecule has 1 saturated heterocycles. The molecule has 1 fully saturated rings. The molecular weight excluding hydrogens is 140 g/mol. The first-order valence-corrected chi connectivity index (χ1v) is 3.87. The fraction of sp³-hybridized carbons (Fsp3) is 0.625. The van der Waals surface area contributed by atoms with Gasteiger partial charge in [0.15, 0.2) is 5.78 Å². The second-order valence-electron chi connectivity index (χ2n) is 2.74. The van der Waals surface area contributed by atoms with Crippen LogP contribution in [-0.4, -0.2) is 36.9 Å². The van der Waals surface area contributed by atoms with Crippen LogP contribution < -0.4 is 5.32 Å². The van der Waals surface area contributed by atoms with Crippen LogP contribution in [0.2, 0.25) is 0 Å². The molecule has 0 radical (unpaired) electrons. The Kier molecular flexibility index (Phi) is 2.65. The van der Waals surface area contributed by atoms with Crippen molar-refractivity contribution in [1.82, 2.24) is 10.2 Å². The van der Waals surface area contributed by atoms with Crippen LogP contribution in [-0.2, 0) is 4.79 Å². The maximum atomic E-state index is 10.9. The van der Waals surface area contributed by atoms with Gasteiger partial charge in [-0.25, -0.2) is 0 Å². The predicted molar refractivity (Wildman–Crippen MR) is 44.3 cm³/mol. The number of Topliss-reactive ketones (excluding diaryl/α,β-unsaturated/α-hetero) is 1. The molecule has 0 aliphatic carbocycles. The third kappa shape index (κ3) is 2.05. The minimum Gasteiger partial charge on any atom is -0.367 e. The molecule has 1 aliphatic heterocycles. The number of hydrogen-bond acceptors (Lipinski definition) is 3. The van der Waals surface area contributed by atoms with Crippen molar-refractivity contribution in [2.75, 3.05) is 26.2 Å². The molecule has 0 aromatic heterocycles. The number of rotatable bonds is 2.